The number of ketones is 1. The Morgan fingerprint density at radius 1 is 0.545 bits per heavy atom. The zero-order valence-electron chi connectivity index (χ0n) is 17.8. The summed E-state index contributed by atoms with van der Waals surface area (Å²) >= 11 is 0. The maximum atomic E-state index is 12.2. The summed E-state index contributed by atoms with van der Waals surface area (Å²) in [5.74, 6) is -1.24. The van der Waals surface area contributed by atoms with E-state index in [0.29, 0.717) is 16.7 Å². The predicted octanol–water partition coefficient (Wildman–Crippen LogP) is 5.35. The molecule has 33 heavy (non-hydrogen) atoms. The van der Waals surface area contributed by atoms with Crippen molar-refractivity contribution in [3.05, 3.63) is 132 Å². The highest BCUT2D eigenvalue weighted by molar-refractivity contribution is 6.02. The van der Waals surface area contributed by atoms with Crippen molar-refractivity contribution < 1.29 is 19.5 Å². The first-order valence-corrected chi connectivity index (χ1v) is 10.3. The zero-order valence-corrected chi connectivity index (χ0v) is 17.8. The number of Topliss-reactive ketones (excluding diaryl/α,β-unsaturated/α-hetero) is 1. The fourth-order valence-corrected chi connectivity index (χ4v) is 3.01. The smallest absolute Gasteiger partial charge is 0.335 e. The molecule has 0 aliphatic carbocycles. The van der Waals surface area contributed by atoms with Gasteiger partial charge in [0.05, 0.1) is 12.1 Å². The standard InChI is InChI=1S/C21H17NO2.C7H6O2/c23-20(15-22-21(24)19-9-5-2-6-10-19)18-13-11-17(12-14-18)16-7-3-1-4-8-16;8-7(9)6-4-2-1-3-5-6/h1-14H,15H2,(H,22,24);1-5H,(H,8,9). The van der Waals surface area contributed by atoms with Crippen molar-refractivity contribution in [2.45, 2.75) is 0 Å². The highest BCUT2D eigenvalue weighted by Gasteiger charge is 2.09. The van der Waals surface area contributed by atoms with E-state index in [1.165, 1.54) is 0 Å². The Bertz CT molecular complexity index is 1190. The molecule has 0 heterocycles. The molecule has 5 heteroatoms. The van der Waals surface area contributed by atoms with Crippen LogP contribution < -0.4 is 5.32 Å². The molecule has 0 fully saturated rings. The third kappa shape index (κ3) is 7.01. The van der Waals surface area contributed by atoms with Gasteiger partial charge in [-0.15, -0.1) is 0 Å². The number of nitrogens with one attached hydrogen (secondary N) is 1. The number of hydrogen-bond donors (Lipinski definition) is 2. The molecule has 0 aromatic heterocycles. The van der Waals surface area contributed by atoms with E-state index in [-0.39, 0.29) is 18.2 Å². The SMILES string of the molecule is O=C(CNC(=O)c1ccccc1)c1ccc(-c2ccccc2)cc1.O=C(O)c1ccccc1. The minimum Gasteiger partial charge on any atom is -0.478 e. The van der Waals surface area contributed by atoms with Gasteiger partial charge in [0, 0.05) is 11.1 Å². The van der Waals surface area contributed by atoms with Gasteiger partial charge in [0.25, 0.3) is 5.91 Å². The van der Waals surface area contributed by atoms with Crippen molar-refractivity contribution in [3.63, 3.8) is 0 Å². The van der Waals surface area contributed by atoms with Gasteiger partial charge in [-0.25, -0.2) is 4.79 Å². The van der Waals surface area contributed by atoms with E-state index in [1.807, 2.05) is 48.5 Å². The fourth-order valence-electron chi connectivity index (χ4n) is 3.01. The van der Waals surface area contributed by atoms with Crippen molar-refractivity contribution in [2.24, 2.45) is 0 Å². The van der Waals surface area contributed by atoms with Crippen LogP contribution in [0, 0.1) is 0 Å². The second kappa shape index (κ2) is 11.8. The van der Waals surface area contributed by atoms with Gasteiger partial charge in [0.2, 0.25) is 0 Å². The Hall–Kier alpha value is -4.51. The average molecular weight is 437 g/mol. The molecule has 0 bridgehead atoms. The van der Waals surface area contributed by atoms with Gasteiger partial charge in [-0.05, 0) is 35.4 Å². The number of carboxylic acids is 1. The van der Waals surface area contributed by atoms with Gasteiger partial charge in [-0.2, -0.15) is 0 Å². The summed E-state index contributed by atoms with van der Waals surface area (Å²) in [6, 6.07) is 34.6. The first-order chi connectivity index (χ1) is 16.0. The van der Waals surface area contributed by atoms with Crippen LogP contribution in [0.25, 0.3) is 11.1 Å². The minimum absolute atomic E-state index is 0.0155. The summed E-state index contributed by atoms with van der Waals surface area (Å²) in [5.41, 5.74) is 3.62. The normalized spacial score (nSPS) is 9.82. The summed E-state index contributed by atoms with van der Waals surface area (Å²) in [6.07, 6.45) is 0. The first kappa shape index (κ1) is 23.2. The first-order valence-electron chi connectivity index (χ1n) is 10.3. The molecular weight excluding hydrogens is 414 g/mol. The van der Waals surface area contributed by atoms with Gasteiger partial charge in [-0.3, -0.25) is 9.59 Å². The molecule has 2 N–H and O–H groups in total. The maximum absolute atomic E-state index is 12.2. The number of amides is 1. The third-order valence-electron chi connectivity index (χ3n) is 4.78. The molecule has 0 aliphatic rings. The average Bonchev–Trinajstić information content (AvgIpc) is 2.89. The highest BCUT2D eigenvalue weighted by Crippen LogP contribution is 2.19. The van der Waals surface area contributed by atoms with Gasteiger partial charge >= 0.3 is 5.97 Å². The van der Waals surface area contributed by atoms with Crippen LogP contribution in [0.3, 0.4) is 0 Å². The van der Waals surface area contributed by atoms with E-state index < -0.39 is 5.97 Å². The van der Waals surface area contributed by atoms with Crippen molar-refractivity contribution in [1.82, 2.24) is 5.32 Å². The van der Waals surface area contributed by atoms with Gasteiger partial charge in [0.1, 0.15) is 0 Å². The van der Waals surface area contributed by atoms with Crippen molar-refractivity contribution >= 4 is 17.7 Å². The van der Waals surface area contributed by atoms with Crippen LogP contribution in [0.15, 0.2) is 115 Å². The second-order valence-electron chi connectivity index (χ2n) is 7.09. The molecule has 0 spiro atoms. The Balaban J connectivity index is 0.000000286. The summed E-state index contributed by atoms with van der Waals surface area (Å²) in [6.45, 7) is -0.0155. The Labute approximate surface area is 192 Å². The lowest BCUT2D eigenvalue weighted by atomic mass is 10.0. The van der Waals surface area contributed by atoms with Crippen LogP contribution in [0.1, 0.15) is 31.1 Å². The van der Waals surface area contributed by atoms with Crippen LogP contribution in [-0.2, 0) is 0 Å². The molecular formula is C28H23NO4. The molecule has 0 aliphatic heterocycles. The van der Waals surface area contributed by atoms with Crippen LogP contribution in [0.5, 0.6) is 0 Å². The van der Waals surface area contributed by atoms with Crippen LogP contribution >= 0.6 is 0 Å². The molecule has 4 rings (SSSR count). The summed E-state index contributed by atoms with van der Waals surface area (Å²) < 4.78 is 0. The molecule has 4 aromatic carbocycles. The lowest BCUT2D eigenvalue weighted by molar-refractivity contribution is 0.0696. The highest BCUT2D eigenvalue weighted by atomic mass is 16.4. The number of carbonyl (C=O) groups is 3. The number of rotatable bonds is 6. The van der Waals surface area contributed by atoms with E-state index in [1.54, 1.807) is 66.7 Å². The van der Waals surface area contributed by atoms with Gasteiger partial charge in [-0.1, -0.05) is 91.0 Å². The molecule has 4 aromatic rings. The molecule has 0 atom stereocenters. The molecule has 164 valence electrons. The van der Waals surface area contributed by atoms with E-state index in [0.717, 1.165) is 11.1 Å². The monoisotopic (exact) mass is 437 g/mol. The number of benzene rings is 4. The number of aromatic carboxylic acids is 1. The molecule has 0 saturated carbocycles. The third-order valence-corrected chi connectivity index (χ3v) is 4.78. The largest absolute Gasteiger partial charge is 0.478 e. The van der Waals surface area contributed by atoms with Crippen molar-refractivity contribution in [1.29, 1.82) is 0 Å². The zero-order chi connectivity index (χ0) is 23.5. The maximum Gasteiger partial charge on any atom is 0.335 e. The fraction of sp³-hybridized carbons (Fsp3) is 0.0357. The lowest BCUT2D eigenvalue weighted by Gasteiger charge is -2.06. The lowest BCUT2D eigenvalue weighted by Crippen LogP contribution is -2.29. The number of carboxylic acid groups (broad SMARTS) is 1. The van der Waals surface area contributed by atoms with E-state index in [2.05, 4.69) is 5.32 Å². The van der Waals surface area contributed by atoms with E-state index in [4.69, 9.17) is 5.11 Å². The Morgan fingerprint density at radius 3 is 1.48 bits per heavy atom. The summed E-state index contributed by atoms with van der Waals surface area (Å²) in [5, 5.41) is 11.0. The van der Waals surface area contributed by atoms with Crippen LogP contribution in [0.4, 0.5) is 0 Å². The molecule has 1 amide bonds. The topological polar surface area (TPSA) is 83.5 Å². The Kier molecular flexibility index (Phi) is 8.26. The molecule has 0 radical (unpaired) electrons. The van der Waals surface area contributed by atoms with Gasteiger partial charge in [0.15, 0.2) is 5.78 Å². The predicted molar refractivity (Wildman–Crippen MR) is 128 cm³/mol. The second-order valence-corrected chi connectivity index (χ2v) is 7.09. The quantitative estimate of drug-likeness (QED) is 0.398. The summed E-state index contributed by atoms with van der Waals surface area (Å²) in [7, 11) is 0. The molecule has 0 saturated heterocycles. The van der Waals surface area contributed by atoms with E-state index in [9.17, 15) is 14.4 Å². The molecule has 5 nitrogen and oxygen atoms in total. The van der Waals surface area contributed by atoms with Crippen molar-refractivity contribution in [2.75, 3.05) is 6.54 Å². The minimum atomic E-state index is -0.879. The van der Waals surface area contributed by atoms with Crippen LogP contribution in [0.2, 0.25) is 0 Å². The van der Waals surface area contributed by atoms with Crippen LogP contribution in [-0.4, -0.2) is 29.3 Å². The van der Waals surface area contributed by atoms with Crippen molar-refractivity contribution in [3.8, 4) is 11.1 Å². The number of carbonyl (C=O) groups excluding carboxylic acids is 2. The number of hydrogen-bond acceptors (Lipinski definition) is 3. The van der Waals surface area contributed by atoms with E-state index >= 15 is 0 Å². The Morgan fingerprint density at radius 2 is 1.00 bits per heavy atom. The summed E-state index contributed by atoms with van der Waals surface area (Å²) in [4.78, 5) is 34.4. The van der Waals surface area contributed by atoms with Gasteiger partial charge < -0.3 is 10.4 Å². The molecule has 0 unspecified atom stereocenters.